The fraction of sp³-hybridized carbons (Fsp3) is 0.375. The van der Waals surface area contributed by atoms with E-state index in [1.807, 2.05) is 36.5 Å². The van der Waals surface area contributed by atoms with Crippen LogP contribution in [0.25, 0.3) is 11.2 Å². The number of anilines is 5. The van der Waals surface area contributed by atoms with Crippen LogP contribution in [-0.2, 0) is 16.1 Å². The average molecular weight is 684 g/mol. The summed E-state index contributed by atoms with van der Waals surface area (Å²) in [5, 5.41) is 9.41. The molecule has 3 aromatic carbocycles. The summed E-state index contributed by atoms with van der Waals surface area (Å²) < 4.78 is 2.27. The van der Waals surface area contributed by atoms with Crippen LogP contribution in [0.1, 0.15) is 74.5 Å². The number of aromatic nitrogens is 4. The zero-order chi connectivity index (χ0) is 34.7. The first-order valence-electron chi connectivity index (χ1n) is 18.3. The summed E-state index contributed by atoms with van der Waals surface area (Å²) >= 11 is 0. The lowest BCUT2D eigenvalue weighted by atomic mass is 9.90. The van der Waals surface area contributed by atoms with Gasteiger partial charge < -0.3 is 15.5 Å². The van der Waals surface area contributed by atoms with Crippen LogP contribution >= 0.6 is 0 Å². The number of carbonyl (C=O) groups excluding carboxylic acids is 2. The number of benzene rings is 3. The molecule has 3 aliphatic rings. The maximum atomic E-state index is 12.3. The molecule has 3 N–H and O–H groups in total. The summed E-state index contributed by atoms with van der Waals surface area (Å²) in [7, 11) is 2.20. The SMILES string of the molecule is CN(Cc1ccc(C2CCC(=O)NC2=O)cc1)C1CCN(c2ccc(Nc3ncc4nc(Nc5ccccc5)n(C5CCCC5)c4n3)cc2)CC1. The van der Waals surface area contributed by atoms with E-state index < -0.39 is 0 Å². The van der Waals surface area contributed by atoms with E-state index in [2.05, 4.69) is 90.9 Å². The molecule has 1 saturated carbocycles. The summed E-state index contributed by atoms with van der Waals surface area (Å²) in [5.41, 5.74) is 7.03. The van der Waals surface area contributed by atoms with Crippen molar-refractivity contribution in [2.24, 2.45) is 0 Å². The monoisotopic (exact) mass is 683 g/mol. The smallest absolute Gasteiger partial charge is 0.234 e. The second-order valence-corrected chi connectivity index (χ2v) is 14.2. The molecule has 2 aromatic heterocycles. The molecule has 11 nitrogen and oxygen atoms in total. The van der Waals surface area contributed by atoms with Crippen molar-refractivity contribution in [2.75, 3.05) is 35.7 Å². The molecule has 262 valence electrons. The summed E-state index contributed by atoms with van der Waals surface area (Å²) in [6.45, 7) is 2.86. The number of imidazole rings is 1. The Morgan fingerprint density at radius 2 is 1.55 bits per heavy atom. The molecule has 3 fully saturated rings. The zero-order valence-electron chi connectivity index (χ0n) is 29.1. The van der Waals surface area contributed by atoms with E-state index in [0.29, 0.717) is 30.9 Å². The van der Waals surface area contributed by atoms with E-state index in [1.54, 1.807) is 0 Å². The van der Waals surface area contributed by atoms with Crippen molar-refractivity contribution in [1.82, 2.24) is 29.7 Å². The highest BCUT2D eigenvalue weighted by molar-refractivity contribution is 6.00. The topological polar surface area (TPSA) is 120 Å². The van der Waals surface area contributed by atoms with Gasteiger partial charge in [0.05, 0.1) is 12.1 Å². The van der Waals surface area contributed by atoms with Crippen molar-refractivity contribution in [1.29, 1.82) is 0 Å². The van der Waals surface area contributed by atoms with Crippen LogP contribution in [0.4, 0.5) is 29.0 Å². The Morgan fingerprint density at radius 3 is 2.27 bits per heavy atom. The quantitative estimate of drug-likeness (QED) is 0.133. The van der Waals surface area contributed by atoms with Gasteiger partial charge in [0.15, 0.2) is 5.65 Å². The lowest BCUT2D eigenvalue weighted by molar-refractivity contribution is -0.134. The highest BCUT2D eigenvalue weighted by Crippen LogP contribution is 2.36. The van der Waals surface area contributed by atoms with Crippen molar-refractivity contribution in [2.45, 2.75) is 75.9 Å². The molecule has 0 radical (unpaired) electrons. The Morgan fingerprint density at radius 1 is 0.824 bits per heavy atom. The van der Waals surface area contributed by atoms with Crippen molar-refractivity contribution < 1.29 is 9.59 Å². The average Bonchev–Trinajstić information content (AvgIpc) is 3.81. The summed E-state index contributed by atoms with van der Waals surface area (Å²) in [6.07, 6.45) is 9.66. The van der Waals surface area contributed by atoms with Gasteiger partial charge in [-0.25, -0.2) is 9.97 Å². The molecule has 2 saturated heterocycles. The van der Waals surface area contributed by atoms with E-state index in [4.69, 9.17) is 9.97 Å². The van der Waals surface area contributed by atoms with E-state index >= 15 is 0 Å². The second kappa shape index (κ2) is 14.5. The third-order valence-electron chi connectivity index (χ3n) is 10.8. The van der Waals surface area contributed by atoms with E-state index in [-0.39, 0.29) is 17.7 Å². The Kier molecular flexibility index (Phi) is 9.36. The Hall–Kier alpha value is -5.29. The first-order chi connectivity index (χ1) is 25.0. The van der Waals surface area contributed by atoms with Crippen molar-refractivity contribution in [3.8, 4) is 0 Å². The zero-order valence-corrected chi connectivity index (χ0v) is 29.1. The van der Waals surface area contributed by atoms with Gasteiger partial charge in [-0.05, 0) is 86.7 Å². The molecule has 51 heavy (non-hydrogen) atoms. The number of hydrogen-bond donors (Lipinski definition) is 3. The van der Waals surface area contributed by atoms with Crippen LogP contribution in [0.5, 0.6) is 0 Å². The summed E-state index contributed by atoms with van der Waals surface area (Å²) in [4.78, 5) is 43.2. The van der Waals surface area contributed by atoms with Gasteiger partial charge in [0.25, 0.3) is 0 Å². The van der Waals surface area contributed by atoms with Crippen LogP contribution in [0.15, 0.2) is 85.1 Å². The van der Waals surface area contributed by atoms with E-state index in [0.717, 1.165) is 79.4 Å². The molecular formula is C40H45N9O2. The molecule has 5 aromatic rings. The first kappa shape index (κ1) is 32.9. The second-order valence-electron chi connectivity index (χ2n) is 14.2. The fourth-order valence-corrected chi connectivity index (χ4v) is 7.93. The summed E-state index contributed by atoms with van der Waals surface area (Å²) in [5.74, 6) is 0.776. The van der Waals surface area contributed by atoms with Gasteiger partial charge in [0.2, 0.25) is 23.7 Å². The summed E-state index contributed by atoms with van der Waals surface area (Å²) in [6, 6.07) is 27.9. The van der Waals surface area contributed by atoms with Gasteiger partial charge in [-0.2, -0.15) is 4.98 Å². The number of nitrogens with one attached hydrogen (secondary N) is 3. The molecule has 0 bridgehead atoms. The van der Waals surface area contributed by atoms with Crippen LogP contribution < -0.4 is 20.9 Å². The normalized spacial score (nSPS) is 18.8. The van der Waals surface area contributed by atoms with Gasteiger partial charge in [-0.15, -0.1) is 0 Å². The van der Waals surface area contributed by atoms with Crippen LogP contribution in [-0.4, -0.2) is 62.4 Å². The minimum absolute atomic E-state index is 0.177. The lowest BCUT2D eigenvalue weighted by Gasteiger charge is -2.38. The van der Waals surface area contributed by atoms with Crippen molar-refractivity contribution >= 4 is 51.9 Å². The predicted octanol–water partition coefficient (Wildman–Crippen LogP) is 7.05. The number of imide groups is 1. The molecule has 1 aliphatic carbocycles. The maximum absolute atomic E-state index is 12.3. The Labute approximate surface area is 298 Å². The highest BCUT2D eigenvalue weighted by Gasteiger charge is 2.28. The minimum atomic E-state index is -0.241. The third kappa shape index (κ3) is 7.30. The molecule has 1 unspecified atom stereocenters. The minimum Gasteiger partial charge on any atom is -0.371 e. The number of carbonyl (C=O) groups is 2. The van der Waals surface area contributed by atoms with Crippen LogP contribution in [0.3, 0.4) is 0 Å². The lowest BCUT2D eigenvalue weighted by Crippen LogP contribution is -2.43. The molecule has 11 heteroatoms. The number of amides is 2. The largest absolute Gasteiger partial charge is 0.371 e. The Bertz CT molecular complexity index is 1980. The number of nitrogens with zero attached hydrogens (tertiary/aromatic N) is 6. The van der Waals surface area contributed by atoms with Crippen molar-refractivity contribution in [3.05, 3.63) is 96.2 Å². The molecule has 1 atom stereocenters. The highest BCUT2D eigenvalue weighted by atomic mass is 16.2. The standard InChI is InChI=1S/C40H45N9O2/c1-47(26-27-11-13-28(14-12-27)34-19-20-36(50)45-38(34)51)31-21-23-48(24-22-31)32-17-15-30(16-18-32)42-39-41-25-35-37(46-39)49(33-9-5-6-10-33)40(44-35)43-29-7-3-2-4-8-29/h2-4,7-8,11-18,25,31,33-34H,5-6,9-10,19-24,26H2,1H3,(H,43,44)(H,41,42,46)(H,45,50,51). The van der Waals surface area contributed by atoms with Crippen LogP contribution in [0, 0.1) is 0 Å². The number of fused-ring (bicyclic) bond motifs is 1. The molecule has 0 spiro atoms. The van der Waals surface area contributed by atoms with Crippen molar-refractivity contribution in [3.63, 3.8) is 0 Å². The third-order valence-corrected chi connectivity index (χ3v) is 10.8. The Balaban J connectivity index is 0.871. The van der Waals surface area contributed by atoms with Crippen LogP contribution in [0.2, 0.25) is 0 Å². The molecule has 2 amide bonds. The molecule has 4 heterocycles. The predicted molar refractivity (Wildman–Crippen MR) is 201 cm³/mol. The van der Waals surface area contributed by atoms with Gasteiger partial charge >= 0.3 is 0 Å². The number of para-hydroxylation sites is 1. The fourth-order valence-electron chi connectivity index (χ4n) is 7.93. The number of piperidine rings is 2. The van der Waals surface area contributed by atoms with Gasteiger partial charge in [0, 0.05) is 55.2 Å². The molecular weight excluding hydrogens is 639 g/mol. The maximum Gasteiger partial charge on any atom is 0.234 e. The van der Waals surface area contributed by atoms with E-state index in [9.17, 15) is 9.59 Å². The molecule has 2 aliphatic heterocycles. The molecule has 8 rings (SSSR count). The van der Waals surface area contributed by atoms with Gasteiger partial charge in [-0.1, -0.05) is 55.3 Å². The number of hydrogen-bond acceptors (Lipinski definition) is 9. The number of rotatable bonds is 10. The van der Waals surface area contributed by atoms with E-state index in [1.165, 1.54) is 24.1 Å². The van der Waals surface area contributed by atoms with Gasteiger partial charge in [-0.3, -0.25) is 24.4 Å². The van der Waals surface area contributed by atoms with Gasteiger partial charge in [0.1, 0.15) is 5.52 Å². The first-order valence-corrected chi connectivity index (χ1v) is 18.3.